The lowest BCUT2D eigenvalue weighted by Gasteiger charge is -2.23. The Kier molecular flexibility index (Phi) is 7.22. The van der Waals surface area contributed by atoms with Crippen molar-refractivity contribution >= 4 is 46.2 Å². The second kappa shape index (κ2) is 9.39. The molecule has 1 N–H and O–H groups in total. The van der Waals surface area contributed by atoms with E-state index in [9.17, 15) is 9.90 Å². The average Bonchev–Trinajstić information content (AvgIpc) is 2.60. The fourth-order valence-corrected chi connectivity index (χ4v) is 2.78. The molecule has 2 aromatic carbocycles. The molecule has 0 fully saturated rings. The molecule has 25 heavy (non-hydrogen) atoms. The molecule has 0 aliphatic rings. The maximum Gasteiger partial charge on any atom is 0.337 e. The summed E-state index contributed by atoms with van der Waals surface area (Å²) >= 11 is 11.7. The van der Waals surface area contributed by atoms with Gasteiger partial charge in [-0.05, 0) is 42.8 Å². The third kappa shape index (κ3) is 5.18. The number of hydrogen-bond donors (Lipinski definition) is 1. The van der Waals surface area contributed by atoms with Crippen molar-refractivity contribution in [2.24, 2.45) is 10.2 Å². The SMILES string of the molecule is Cc1cc(N(CCCl)CCCl)ccc1N=Nc1ccccc1C(=O)O. The smallest absolute Gasteiger partial charge is 0.337 e. The number of nitrogens with zero attached hydrogens (tertiary/aromatic N) is 3. The maximum absolute atomic E-state index is 11.2. The maximum atomic E-state index is 11.2. The van der Waals surface area contributed by atoms with Crippen molar-refractivity contribution in [3.8, 4) is 0 Å². The van der Waals surface area contributed by atoms with Gasteiger partial charge in [0.1, 0.15) is 5.69 Å². The molecule has 132 valence electrons. The van der Waals surface area contributed by atoms with Crippen LogP contribution in [0.2, 0.25) is 0 Å². The number of carbonyl (C=O) groups is 1. The second-order valence-corrected chi connectivity index (χ2v) is 6.11. The molecule has 2 aromatic rings. The van der Waals surface area contributed by atoms with Crippen molar-refractivity contribution in [2.75, 3.05) is 29.7 Å². The van der Waals surface area contributed by atoms with E-state index < -0.39 is 5.97 Å². The summed E-state index contributed by atoms with van der Waals surface area (Å²) in [5.74, 6) is 0.00614. The van der Waals surface area contributed by atoms with Gasteiger partial charge in [-0.3, -0.25) is 0 Å². The van der Waals surface area contributed by atoms with Gasteiger partial charge in [-0.1, -0.05) is 12.1 Å². The van der Waals surface area contributed by atoms with Gasteiger partial charge in [-0.15, -0.1) is 28.3 Å². The summed E-state index contributed by atoms with van der Waals surface area (Å²) in [5, 5.41) is 17.5. The summed E-state index contributed by atoms with van der Waals surface area (Å²) in [7, 11) is 0. The number of aromatic carboxylic acids is 1. The Morgan fingerprint density at radius 2 is 1.68 bits per heavy atom. The summed E-state index contributed by atoms with van der Waals surface area (Å²) in [4.78, 5) is 13.3. The quantitative estimate of drug-likeness (QED) is 0.493. The number of carboxylic acid groups (broad SMARTS) is 1. The predicted octanol–water partition coefficient (Wildman–Crippen LogP) is 5.39. The highest BCUT2D eigenvalue weighted by Gasteiger charge is 2.09. The molecule has 0 aliphatic carbocycles. The van der Waals surface area contributed by atoms with E-state index in [0.29, 0.717) is 36.2 Å². The Hall–Kier alpha value is -2.11. The molecule has 5 nitrogen and oxygen atoms in total. The zero-order chi connectivity index (χ0) is 18.2. The highest BCUT2D eigenvalue weighted by molar-refractivity contribution is 6.18. The van der Waals surface area contributed by atoms with E-state index >= 15 is 0 Å². The van der Waals surface area contributed by atoms with Gasteiger partial charge in [0, 0.05) is 30.5 Å². The third-order valence-electron chi connectivity index (χ3n) is 3.65. The Morgan fingerprint density at radius 3 is 2.28 bits per heavy atom. The number of aryl methyl sites for hydroxylation is 1. The standard InChI is InChI=1S/C18H19Cl2N3O2/c1-13-12-14(23(10-8-19)11-9-20)6-7-16(13)21-22-17-5-3-2-4-15(17)18(24)25/h2-7,12H,8-11H2,1H3,(H,24,25). The van der Waals surface area contributed by atoms with Gasteiger partial charge in [0.2, 0.25) is 0 Å². The first-order valence-electron chi connectivity index (χ1n) is 7.78. The number of halogens is 2. The summed E-state index contributed by atoms with van der Waals surface area (Å²) in [6, 6.07) is 12.3. The van der Waals surface area contributed by atoms with Crippen LogP contribution in [0, 0.1) is 6.92 Å². The molecule has 0 unspecified atom stereocenters. The van der Waals surface area contributed by atoms with Crippen LogP contribution in [0.4, 0.5) is 17.1 Å². The summed E-state index contributed by atoms with van der Waals surface area (Å²) in [5.41, 5.74) is 3.08. The molecule has 0 amide bonds. The van der Waals surface area contributed by atoms with E-state index in [0.717, 1.165) is 11.3 Å². The minimum atomic E-state index is -1.03. The molecule has 0 heterocycles. The summed E-state index contributed by atoms with van der Waals surface area (Å²) in [6.07, 6.45) is 0. The number of benzene rings is 2. The van der Waals surface area contributed by atoms with Crippen LogP contribution in [0.25, 0.3) is 0 Å². The molecule has 0 spiro atoms. The Bertz CT molecular complexity index is 760. The number of anilines is 1. The fourth-order valence-electron chi connectivity index (χ4n) is 2.37. The zero-order valence-corrected chi connectivity index (χ0v) is 15.3. The first-order valence-corrected chi connectivity index (χ1v) is 8.85. The Morgan fingerprint density at radius 1 is 1.04 bits per heavy atom. The largest absolute Gasteiger partial charge is 0.478 e. The lowest BCUT2D eigenvalue weighted by Crippen LogP contribution is -2.27. The first kappa shape index (κ1) is 19.2. The fraction of sp³-hybridized carbons (Fsp3) is 0.278. The number of alkyl halides is 2. The summed E-state index contributed by atoms with van der Waals surface area (Å²) < 4.78 is 0. The van der Waals surface area contributed by atoms with E-state index in [4.69, 9.17) is 23.2 Å². The van der Waals surface area contributed by atoms with E-state index in [2.05, 4.69) is 15.1 Å². The number of azo groups is 1. The lowest BCUT2D eigenvalue weighted by atomic mass is 10.1. The molecule has 0 radical (unpaired) electrons. The summed E-state index contributed by atoms with van der Waals surface area (Å²) in [6.45, 7) is 3.35. The van der Waals surface area contributed by atoms with E-state index in [1.165, 1.54) is 6.07 Å². The minimum absolute atomic E-state index is 0.121. The molecular weight excluding hydrogens is 361 g/mol. The molecule has 0 saturated heterocycles. The molecule has 0 bridgehead atoms. The van der Waals surface area contributed by atoms with Crippen LogP contribution >= 0.6 is 23.2 Å². The number of carboxylic acids is 1. The van der Waals surface area contributed by atoms with Crippen molar-refractivity contribution in [2.45, 2.75) is 6.92 Å². The van der Waals surface area contributed by atoms with Gasteiger partial charge in [-0.25, -0.2) is 4.79 Å². The monoisotopic (exact) mass is 379 g/mol. The van der Waals surface area contributed by atoms with Crippen LogP contribution in [0.15, 0.2) is 52.7 Å². The Labute approximate surface area is 156 Å². The predicted molar refractivity (Wildman–Crippen MR) is 102 cm³/mol. The van der Waals surface area contributed by atoms with Crippen LogP contribution in [0.5, 0.6) is 0 Å². The number of hydrogen-bond acceptors (Lipinski definition) is 4. The highest BCUT2D eigenvalue weighted by atomic mass is 35.5. The van der Waals surface area contributed by atoms with E-state index in [1.54, 1.807) is 18.2 Å². The van der Waals surface area contributed by atoms with Crippen molar-refractivity contribution < 1.29 is 9.90 Å². The zero-order valence-electron chi connectivity index (χ0n) is 13.8. The van der Waals surface area contributed by atoms with Gasteiger partial charge in [-0.2, -0.15) is 5.11 Å². The molecule has 7 heteroatoms. The van der Waals surface area contributed by atoms with Crippen molar-refractivity contribution in [1.29, 1.82) is 0 Å². The molecule has 0 atom stereocenters. The van der Waals surface area contributed by atoms with Crippen molar-refractivity contribution in [1.82, 2.24) is 0 Å². The minimum Gasteiger partial charge on any atom is -0.478 e. The van der Waals surface area contributed by atoms with Gasteiger partial charge in [0.25, 0.3) is 0 Å². The molecule has 0 aromatic heterocycles. The van der Waals surface area contributed by atoms with Crippen LogP contribution < -0.4 is 4.90 Å². The topological polar surface area (TPSA) is 65.3 Å². The van der Waals surface area contributed by atoms with E-state index in [1.807, 2.05) is 25.1 Å². The van der Waals surface area contributed by atoms with Crippen molar-refractivity contribution in [3.05, 3.63) is 53.6 Å². The molecular formula is C18H19Cl2N3O2. The number of rotatable bonds is 8. The Balaban J connectivity index is 2.25. The second-order valence-electron chi connectivity index (χ2n) is 5.36. The third-order valence-corrected chi connectivity index (χ3v) is 3.99. The molecule has 0 aliphatic heterocycles. The highest BCUT2D eigenvalue weighted by Crippen LogP contribution is 2.28. The van der Waals surface area contributed by atoms with Gasteiger partial charge >= 0.3 is 5.97 Å². The molecule has 0 saturated carbocycles. The van der Waals surface area contributed by atoms with Crippen LogP contribution in [0.1, 0.15) is 15.9 Å². The van der Waals surface area contributed by atoms with Crippen LogP contribution in [-0.2, 0) is 0 Å². The van der Waals surface area contributed by atoms with Crippen molar-refractivity contribution in [3.63, 3.8) is 0 Å². The van der Waals surface area contributed by atoms with Crippen LogP contribution in [-0.4, -0.2) is 35.9 Å². The normalized spacial score (nSPS) is 11.0. The van der Waals surface area contributed by atoms with Crippen LogP contribution in [0.3, 0.4) is 0 Å². The van der Waals surface area contributed by atoms with Gasteiger partial charge < -0.3 is 10.0 Å². The van der Waals surface area contributed by atoms with Gasteiger partial charge in [0.15, 0.2) is 0 Å². The van der Waals surface area contributed by atoms with Gasteiger partial charge in [0.05, 0.1) is 11.3 Å². The lowest BCUT2D eigenvalue weighted by molar-refractivity contribution is 0.0698. The first-order chi connectivity index (χ1) is 12.1. The molecule has 2 rings (SSSR count). The average molecular weight is 380 g/mol. The van der Waals surface area contributed by atoms with E-state index in [-0.39, 0.29) is 5.56 Å².